The molecule has 0 amide bonds. The van der Waals surface area contributed by atoms with Gasteiger partial charge in [0.1, 0.15) is 10.8 Å². The maximum absolute atomic E-state index is 5.56. The van der Waals surface area contributed by atoms with Gasteiger partial charge in [-0.05, 0) is 6.92 Å². The Bertz CT molecular complexity index is 238. The van der Waals surface area contributed by atoms with Crippen LogP contribution in [-0.4, -0.2) is 9.97 Å². The molecule has 0 saturated heterocycles. The van der Waals surface area contributed by atoms with E-state index < -0.39 is 0 Å². The Balaban J connectivity index is 3.31. The van der Waals surface area contributed by atoms with Crippen LogP contribution in [0, 0.1) is 6.92 Å². The minimum absolute atomic E-state index is 0.194. The summed E-state index contributed by atoms with van der Waals surface area (Å²) >= 11 is 16.7. The highest BCUT2D eigenvalue weighted by Gasteiger charge is 2.05. The lowest BCUT2D eigenvalue weighted by Gasteiger charge is -1.97. The van der Waals surface area contributed by atoms with Gasteiger partial charge in [-0.2, -0.15) is 0 Å². The third-order valence-corrected chi connectivity index (χ3v) is 1.98. The molecule has 0 aliphatic heterocycles. The summed E-state index contributed by atoms with van der Waals surface area (Å²) in [5, 5.41) is 0.590. The standard InChI is InChI=1S/C5H3Cl3N2/c1-2-9-4(7)3(6)5(8)10-2/h1H3. The van der Waals surface area contributed by atoms with Gasteiger partial charge in [0, 0.05) is 0 Å². The van der Waals surface area contributed by atoms with Crippen molar-refractivity contribution < 1.29 is 0 Å². The number of aromatic nitrogens is 2. The summed E-state index contributed by atoms with van der Waals surface area (Å²) in [4.78, 5) is 7.54. The van der Waals surface area contributed by atoms with Gasteiger partial charge < -0.3 is 0 Å². The molecule has 1 heterocycles. The Labute approximate surface area is 73.1 Å². The van der Waals surface area contributed by atoms with Crippen LogP contribution in [0.25, 0.3) is 0 Å². The fraction of sp³-hybridized carbons (Fsp3) is 0.200. The first-order valence-corrected chi connectivity index (χ1v) is 3.60. The number of nitrogens with zero attached hydrogens (tertiary/aromatic N) is 2. The maximum Gasteiger partial charge on any atom is 0.152 e. The van der Waals surface area contributed by atoms with E-state index in [4.69, 9.17) is 34.8 Å². The minimum Gasteiger partial charge on any atom is -0.220 e. The van der Waals surface area contributed by atoms with E-state index in [2.05, 4.69) is 9.97 Å². The Morgan fingerprint density at radius 2 is 1.40 bits per heavy atom. The molecule has 1 aromatic heterocycles. The van der Waals surface area contributed by atoms with Crippen molar-refractivity contribution in [2.75, 3.05) is 0 Å². The van der Waals surface area contributed by atoms with Crippen molar-refractivity contribution in [2.24, 2.45) is 0 Å². The molecule has 54 valence electrons. The average molecular weight is 197 g/mol. The zero-order valence-corrected chi connectivity index (χ0v) is 7.30. The number of halogens is 3. The van der Waals surface area contributed by atoms with Gasteiger partial charge in [-0.25, -0.2) is 9.97 Å². The molecule has 10 heavy (non-hydrogen) atoms. The molecule has 1 aromatic rings. The predicted molar refractivity (Wildman–Crippen MR) is 41.8 cm³/mol. The van der Waals surface area contributed by atoms with Crippen LogP contribution >= 0.6 is 34.8 Å². The van der Waals surface area contributed by atoms with Crippen LogP contribution in [0.15, 0.2) is 0 Å². The van der Waals surface area contributed by atoms with Crippen LogP contribution in [0.1, 0.15) is 5.82 Å². The van der Waals surface area contributed by atoms with Gasteiger partial charge in [0.05, 0.1) is 0 Å². The average Bonchev–Trinajstić information content (AvgIpc) is 1.82. The van der Waals surface area contributed by atoms with Crippen LogP contribution in [0.4, 0.5) is 0 Å². The zero-order chi connectivity index (χ0) is 7.72. The molecule has 0 bridgehead atoms. The van der Waals surface area contributed by atoms with Crippen LogP contribution in [0.3, 0.4) is 0 Å². The van der Waals surface area contributed by atoms with Crippen molar-refractivity contribution in [3.63, 3.8) is 0 Å². The fourth-order valence-electron chi connectivity index (χ4n) is 0.492. The molecule has 0 fully saturated rings. The zero-order valence-electron chi connectivity index (χ0n) is 5.03. The van der Waals surface area contributed by atoms with E-state index in [1.807, 2.05) is 0 Å². The second kappa shape index (κ2) is 2.91. The summed E-state index contributed by atoms with van der Waals surface area (Å²) in [6.45, 7) is 1.69. The largest absolute Gasteiger partial charge is 0.220 e. The van der Waals surface area contributed by atoms with E-state index >= 15 is 0 Å². The number of aryl methyl sites for hydroxylation is 1. The molecule has 0 saturated carbocycles. The normalized spacial score (nSPS) is 10.0. The third kappa shape index (κ3) is 1.51. The highest BCUT2D eigenvalue weighted by molar-refractivity contribution is 6.46. The minimum atomic E-state index is 0.194. The van der Waals surface area contributed by atoms with E-state index in [-0.39, 0.29) is 15.3 Å². The first kappa shape index (κ1) is 8.05. The molecular weight excluding hydrogens is 194 g/mol. The molecule has 0 aliphatic rings. The summed E-state index contributed by atoms with van der Waals surface area (Å²) in [5.41, 5.74) is 0. The van der Waals surface area contributed by atoms with Crippen molar-refractivity contribution in [1.29, 1.82) is 0 Å². The third-order valence-electron chi connectivity index (χ3n) is 0.882. The van der Waals surface area contributed by atoms with E-state index in [0.717, 1.165) is 0 Å². The monoisotopic (exact) mass is 196 g/mol. The predicted octanol–water partition coefficient (Wildman–Crippen LogP) is 2.75. The summed E-state index contributed by atoms with van der Waals surface area (Å²) in [7, 11) is 0. The van der Waals surface area contributed by atoms with Crippen LogP contribution in [0.2, 0.25) is 15.3 Å². The molecule has 5 heteroatoms. The van der Waals surface area contributed by atoms with Crippen LogP contribution in [0.5, 0.6) is 0 Å². The number of hydrogen-bond donors (Lipinski definition) is 0. The summed E-state index contributed by atoms with van der Waals surface area (Å²) in [6.07, 6.45) is 0. The first-order valence-electron chi connectivity index (χ1n) is 2.46. The lowest BCUT2D eigenvalue weighted by molar-refractivity contribution is 1.05. The molecule has 0 atom stereocenters. The maximum atomic E-state index is 5.56. The molecule has 2 nitrogen and oxygen atoms in total. The Hall–Kier alpha value is -0.0500. The van der Waals surface area contributed by atoms with Crippen LogP contribution < -0.4 is 0 Å². The molecule has 0 aliphatic carbocycles. The number of rotatable bonds is 0. The second-order valence-electron chi connectivity index (χ2n) is 1.67. The summed E-state index contributed by atoms with van der Waals surface area (Å²) in [5.74, 6) is 0.513. The fourth-order valence-corrected chi connectivity index (χ4v) is 1.05. The molecule has 0 N–H and O–H groups in total. The molecule has 0 unspecified atom stereocenters. The van der Waals surface area contributed by atoms with Gasteiger partial charge in [-0.1, -0.05) is 34.8 Å². The van der Waals surface area contributed by atoms with Gasteiger partial charge in [0.15, 0.2) is 10.3 Å². The van der Waals surface area contributed by atoms with Gasteiger partial charge in [0.2, 0.25) is 0 Å². The van der Waals surface area contributed by atoms with E-state index in [1.165, 1.54) is 0 Å². The second-order valence-corrected chi connectivity index (χ2v) is 2.76. The lowest BCUT2D eigenvalue weighted by atomic mass is 10.6. The van der Waals surface area contributed by atoms with E-state index in [0.29, 0.717) is 5.82 Å². The van der Waals surface area contributed by atoms with Gasteiger partial charge in [0.25, 0.3) is 0 Å². The van der Waals surface area contributed by atoms with Crippen molar-refractivity contribution >= 4 is 34.8 Å². The van der Waals surface area contributed by atoms with Gasteiger partial charge >= 0.3 is 0 Å². The molecule has 0 aromatic carbocycles. The summed E-state index contributed by atoms with van der Waals surface area (Å²) < 4.78 is 0. The van der Waals surface area contributed by atoms with Crippen LogP contribution in [-0.2, 0) is 0 Å². The van der Waals surface area contributed by atoms with Gasteiger partial charge in [-0.3, -0.25) is 0 Å². The van der Waals surface area contributed by atoms with E-state index in [1.54, 1.807) is 6.92 Å². The summed E-state index contributed by atoms with van der Waals surface area (Å²) in [6, 6.07) is 0. The topological polar surface area (TPSA) is 25.8 Å². The quantitative estimate of drug-likeness (QED) is 0.598. The van der Waals surface area contributed by atoms with Crippen molar-refractivity contribution in [3.05, 3.63) is 21.2 Å². The number of hydrogen-bond acceptors (Lipinski definition) is 2. The molecule has 0 radical (unpaired) electrons. The first-order chi connectivity index (χ1) is 4.61. The Morgan fingerprint density at radius 1 is 1.00 bits per heavy atom. The molecule has 1 rings (SSSR count). The van der Waals surface area contributed by atoms with Crippen molar-refractivity contribution in [2.45, 2.75) is 6.92 Å². The SMILES string of the molecule is Cc1nc(Cl)c(Cl)c(Cl)n1. The lowest BCUT2D eigenvalue weighted by Crippen LogP contribution is -1.88. The van der Waals surface area contributed by atoms with Crippen molar-refractivity contribution in [3.8, 4) is 0 Å². The van der Waals surface area contributed by atoms with E-state index in [9.17, 15) is 0 Å². The Kier molecular flexibility index (Phi) is 2.34. The van der Waals surface area contributed by atoms with Gasteiger partial charge in [-0.15, -0.1) is 0 Å². The smallest absolute Gasteiger partial charge is 0.152 e. The van der Waals surface area contributed by atoms with Crippen molar-refractivity contribution in [1.82, 2.24) is 9.97 Å². The molecule has 0 spiro atoms. The Morgan fingerprint density at radius 3 is 1.80 bits per heavy atom. The highest BCUT2D eigenvalue weighted by Crippen LogP contribution is 2.25. The molecular formula is C5H3Cl3N2. The highest BCUT2D eigenvalue weighted by atomic mass is 35.5.